The molecular formula is C97H151F6N25O5. The maximum atomic E-state index is 12.6. The highest BCUT2D eigenvalue weighted by Gasteiger charge is 2.47. The number of piperidine rings is 1. The van der Waals surface area contributed by atoms with Gasteiger partial charge in [-0.05, 0) is 94.0 Å². The summed E-state index contributed by atoms with van der Waals surface area (Å²) in [6.07, 6.45) is 3.71. The molecule has 9 aliphatic rings. The van der Waals surface area contributed by atoms with Gasteiger partial charge in [0.2, 0.25) is 41.5 Å². The van der Waals surface area contributed by atoms with Crippen LogP contribution in [0.2, 0.25) is 0 Å². The molecule has 736 valence electrons. The van der Waals surface area contributed by atoms with Gasteiger partial charge >= 0.3 is 12.4 Å². The number of amides is 4. The number of carbonyl (C=O) groups is 4. The third-order valence-corrected chi connectivity index (χ3v) is 25.5. The van der Waals surface area contributed by atoms with Gasteiger partial charge in [-0.15, -0.1) is 0 Å². The molecule has 9 aliphatic heterocycles. The summed E-state index contributed by atoms with van der Waals surface area (Å²) in [7, 11) is 2.15. The molecule has 15 rings (SSSR count). The van der Waals surface area contributed by atoms with Gasteiger partial charge in [-0.3, -0.25) is 34.0 Å². The molecule has 2 atom stereocenters. The summed E-state index contributed by atoms with van der Waals surface area (Å²) in [4.78, 5) is 114. The Balaban J connectivity index is 0.000000166. The van der Waals surface area contributed by atoms with Crippen LogP contribution in [-0.4, -0.2) is 313 Å². The smallest absolute Gasteiger partial charge is 0.378 e. The lowest BCUT2D eigenvalue weighted by molar-refractivity contribution is -0.194. The van der Waals surface area contributed by atoms with Crippen molar-refractivity contribution in [2.24, 2.45) is 11.8 Å². The molecular weight excluding hydrogens is 1710 g/mol. The molecule has 0 aliphatic carbocycles. The molecule has 0 bridgehead atoms. The van der Waals surface area contributed by atoms with E-state index in [4.69, 9.17) is 34.6 Å². The molecule has 4 amide bonds. The lowest BCUT2D eigenvalue weighted by atomic mass is 9.88. The minimum Gasteiger partial charge on any atom is -0.378 e. The second kappa shape index (κ2) is 44.1. The number of hydrogen-bond acceptors (Lipinski definition) is 26. The minimum absolute atomic E-state index is 0.0189. The van der Waals surface area contributed by atoms with Crippen molar-refractivity contribution in [1.29, 1.82) is 0 Å². The first-order valence-electron chi connectivity index (χ1n) is 47.4. The van der Waals surface area contributed by atoms with Crippen molar-refractivity contribution in [2.45, 2.75) is 279 Å². The number of hydrogen-bond donors (Lipinski definition) is 4. The van der Waals surface area contributed by atoms with Gasteiger partial charge in [0, 0.05) is 239 Å². The van der Waals surface area contributed by atoms with Gasteiger partial charge in [0.05, 0.1) is 60.2 Å². The fourth-order valence-electron chi connectivity index (χ4n) is 16.0. The number of anilines is 7. The van der Waals surface area contributed by atoms with Crippen LogP contribution in [0.5, 0.6) is 0 Å². The van der Waals surface area contributed by atoms with Crippen LogP contribution < -0.4 is 36.0 Å². The van der Waals surface area contributed by atoms with Crippen LogP contribution in [0.3, 0.4) is 0 Å². The fourth-order valence-corrected chi connectivity index (χ4v) is 16.0. The predicted octanol–water partition coefficient (Wildman–Crippen LogP) is 13.2. The van der Waals surface area contributed by atoms with Gasteiger partial charge < -0.3 is 65.2 Å². The molecule has 4 N–H and O–H groups in total. The zero-order valence-electron chi connectivity index (χ0n) is 83.7. The number of likely N-dealkylation sites (tertiary alicyclic amines) is 6. The van der Waals surface area contributed by atoms with Crippen molar-refractivity contribution in [3.63, 3.8) is 0 Å². The van der Waals surface area contributed by atoms with Crippen LogP contribution in [0, 0.1) is 11.8 Å². The first kappa shape index (κ1) is 106. The van der Waals surface area contributed by atoms with E-state index >= 15 is 0 Å². The predicted molar refractivity (Wildman–Crippen MR) is 513 cm³/mol. The van der Waals surface area contributed by atoms with Crippen LogP contribution in [-0.2, 0) is 69.2 Å². The maximum Gasteiger partial charge on any atom is 0.403 e. The van der Waals surface area contributed by atoms with Crippen LogP contribution in [0.25, 0.3) is 0 Å². The number of aromatic nitrogens is 11. The van der Waals surface area contributed by atoms with Crippen LogP contribution in [0.4, 0.5) is 67.3 Å². The SMILES string of the molecule is CC(=O)N1CC(Nc2cc(C(C)(C)C)nc(N3CCCCC3)n2)C1.CC(=O)N1CC(Nc2cc(C(C)(C)C)nc(N3CCN(C)CC3)n2)C1.CC(=O)N1CC(Nc2cc(C(C)(C)C)nc(N3CCOCC3)n2)C1.CC(=O)N1CC(Nc2cncc(C(C)(C)C)c2)C1.C[C@@H](N1CC(Cc2cc(C(C)(C)C)ncn2)C1)C(F)(F)F.C[C@H](N1CC(Cc2cc(C(C)(C)C)ncn2)C1)C(F)(F)F. The number of nitrogens with one attached hydrogen (secondary N) is 4. The number of morpholine rings is 1. The van der Waals surface area contributed by atoms with Gasteiger partial charge in [0.1, 0.15) is 42.2 Å². The number of halogens is 6. The monoisotopic (exact) mass is 1860 g/mol. The van der Waals surface area contributed by atoms with Crippen molar-refractivity contribution in [2.75, 3.05) is 187 Å². The van der Waals surface area contributed by atoms with Crippen LogP contribution in [0.1, 0.15) is 231 Å². The average molecular weight is 1860 g/mol. The number of ether oxygens (including phenoxy) is 1. The summed E-state index contributed by atoms with van der Waals surface area (Å²) in [5.74, 6) is 6.03. The van der Waals surface area contributed by atoms with Gasteiger partial charge in [-0.2, -0.15) is 41.3 Å². The van der Waals surface area contributed by atoms with Gasteiger partial charge in [-0.25, -0.2) is 34.9 Å². The normalized spacial score (nSPS) is 19.0. The summed E-state index contributed by atoms with van der Waals surface area (Å²) >= 11 is 0. The van der Waals surface area contributed by atoms with E-state index in [2.05, 4.69) is 216 Å². The van der Waals surface area contributed by atoms with E-state index in [0.29, 0.717) is 58.3 Å². The quantitative estimate of drug-likeness (QED) is 0.0617. The van der Waals surface area contributed by atoms with Gasteiger partial charge in [0.15, 0.2) is 0 Å². The van der Waals surface area contributed by atoms with Gasteiger partial charge in [0.25, 0.3) is 0 Å². The van der Waals surface area contributed by atoms with Crippen LogP contribution in [0.15, 0.2) is 61.4 Å². The third-order valence-electron chi connectivity index (χ3n) is 25.5. The number of nitrogens with zero attached hydrogens (tertiary/aromatic N) is 21. The Labute approximate surface area is 785 Å². The second-order valence-corrected chi connectivity index (χ2v) is 43.5. The van der Waals surface area contributed by atoms with Crippen molar-refractivity contribution in [1.82, 2.24) is 89.1 Å². The summed E-state index contributed by atoms with van der Waals surface area (Å²) in [5, 5.41) is 13.8. The second-order valence-electron chi connectivity index (χ2n) is 43.5. The molecule has 0 radical (unpaired) electrons. The highest BCUT2D eigenvalue weighted by atomic mass is 19.4. The Hall–Kier alpha value is -9.55. The Morgan fingerprint density at radius 3 is 1.00 bits per heavy atom. The largest absolute Gasteiger partial charge is 0.403 e. The van der Waals surface area contributed by atoms with Crippen molar-refractivity contribution in [3.8, 4) is 0 Å². The first-order valence-corrected chi connectivity index (χ1v) is 47.4. The highest BCUT2D eigenvalue weighted by Crippen LogP contribution is 2.37. The van der Waals surface area contributed by atoms with E-state index < -0.39 is 24.4 Å². The fraction of sp³-hybridized carbons (Fsp3) is 0.701. The number of rotatable bonds is 17. The zero-order valence-corrected chi connectivity index (χ0v) is 83.7. The van der Waals surface area contributed by atoms with E-state index in [-0.39, 0.29) is 86.1 Å². The first-order chi connectivity index (χ1) is 61.9. The summed E-state index contributed by atoms with van der Waals surface area (Å²) in [6, 6.07) is 10.7. The molecule has 6 aromatic heterocycles. The van der Waals surface area contributed by atoms with E-state index in [1.54, 1.807) is 40.3 Å². The number of likely N-dealkylation sites (N-methyl/N-ethyl adjacent to an activating group) is 1. The molecule has 36 heteroatoms. The standard InChI is InChI=1S/C18H30N6O.C18H29N5O.C17H27N5O2.2C15H22F3N3.C14H21N3O/c1-13(25)24-11-14(12-24)19-16-10-15(18(2,3)4)20-17(21-16)23-8-6-22(5)7-9-23;1-13(24)23-11-14(12-23)19-16-10-15(18(2,3)4)20-17(21-16)22-8-6-5-7-9-22;1-12(23)22-10-13(11-22)18-15-9-14(17(2,3)4)19-16(20-15)21-5-7-24-8-6-21;2*1-10(15(16,17)18)21-7-11(8-21)5-12-6-13(14(2,3)4)20-9-19-12;1-10(18)17-8-13(9-17)16-12-5-11(6-15-7-12)14(2,3)4/h10,14H,6-9,11-12H2,1-5H3,(H,19,20,21);10,14H,5-9,11-12H2,1-4H3,(H,19,20,21);9,13H,5-8,10-11H2,1-4H3,(H,18,19,20);2*6,9-11H,5,7-8H2,1-4H3;5-7,13,16H,8-9H2,1-4H3/t;;;2*10-;/m...10./s1. The van der Waals surface area contributed by atoms with E-state index in [1.165, 1.54) is 48.5 Å². The Morgan fingerprint density at radius 1 is 0.376 bits per heavy atom. The molecule has 0 unspecified atom stereocenters. The number of carbonyl (C=O) groups excluding carboxylic acids is 4. The molecule has 6 aromatic rings. The van der Waals surface area contributed by atoms with Gasteiger partial charge in [-0.1, -0.05) is 125 Å². The Kier molecular flexibility index (Phi) is 35.0. The van der Waals surface area contributed by atoms with Crippen molar-refractivity contribution in [3.05, 3.63) is 107 Å². The third kappa shape index (κ3) is 31.2. The molecule has 133 heavy (non-hydrogen) atoms. The molecule has 0 aromatic carbocycles. The van der Waals surface area contributed by atoms with E-state index in [1.807, 2.05) is 50.2 Å². The molecule has 30 nitrogen and oxygen atoms in total. The number of piperazine rings is 1. The number of alkyl halides is 6. The minimum atomic E-state index is -4.14. The Bertz CT molecular complexity index is 4590. The van der Waals surface area contributed by atoms with Crippen LogP contribution >= 0.6 is 0 Å². The molecule has 0 spiro atoms. The zero-order chi connectivity index (χ0) is 97.8. The van der Waals surface area contributed by atoms with E-state index in [9.17, 15) is 45.5 Å². The highest BCUT2D eigenvalue weighted by molar-refractivity contribution is 5.76. The van der Waals surface area contributed by atoms with Crippen molar-refractivity contribution >= 4 is 64.6 Å². The molecule has 0 saturated carbocycles. The lowest BCUT2D eigenvalue weighted by Gasteiger charge is -2.43. The Morgan fingerprint density at radius 2 is 0.692 bits per heavy atom. The molecule has 9 saturated heterocycles. The van der Waals surface area contributed by atoms with E-state index in [0.717, 1.165) is 186 Å². The number of pyridine rings is 1. The summed E-state index contributed by atoms with van der Waals surface area (Å²) in [6.45, 7) is 64.5. The van der Waals surface area contributed by atoms with Crippen molar-refractivity contribution < 1.29 is 50.3 Å². The topological polar surface area (TPSA) is 300 Å². The summed E-state index contributed by atoms with van der Waals surface area (Å²) < 4.78 is 81.0. The maximum absolute atomic E-state index is 12.6. The summed E-state index contributed by atoms with van der Waals surface area (Å²) in [5.41, 5.74) is 9.04. The molecule has 9 fully saturated rings. The lowest BCUT2D eigenvalue weighted by Crippen LogP contribution is -2.56. The average Bonchev–Trinajstić information content (AvgIpc) is 0.677. The molecule has 15 heterocycles.